The lowest BCUT2D eigenvalue weighted by Crippen LogP contribution is -2.64. The van der Waals surface area contributed by atoms with Crippen molar-refractivity contribution in [3.05, 3.63) is 90.5 Å². The van der Waals surface area contributed by atoms with Crippen molar-refractivity contribution in [1.29, 1.82) is 0 Å². The second kappa shape index (κ2) is 7.66. The Morgan fingerprint density at radius 1 is 1.03 bits per heavy atom. The lowest BCUT2D eigenvalue weighted by Gasteiger charge is -2.44. The zero-order valence-corrected chi connectivity index (χ0v) is 19.0. The van der Waals surface area contributed by atoms with Gasteiger partial charge in [0.05, 0.1) is 25.3 Å². The van der Waals surface area contributed by atoms with Crippen molar-refractivity contribution in [2.75, 3.05) is 24.2 Å². The van der Waals surface area contributed by atoms with Crippen LogP contribution >= 0.6 is 0 Å². The monoisotopic (exact) mass is 454 g/mol. The van der Waals surface area contributed by atoms with Gasteiger partial charge in [0.15, 0.2) is 0 Å². The van der Waals surface area contributed by atoms with E-state index in [2.05, 4.69) is 11.1 Å². The van der Waals surface area contributed by atoms with Crippen LogP contribution in [0, 0.1) is 0 Å². The average molecular weight is 455 g/mol. The molecule has 1 unspecified atom stereocenters. The van der Waals surface area contributed by atoms with Gasteiger partial charge in [0.1, 0.15) is 11.7 Å². The van der Waals surface area contributed by atoms with Gasteiger partial charge in [-0.25, -0.2) is 0 Å². The van der Waals surface area contributed by atoms with E-state index < -0.39 is 16.8 Å². The molecule has 4 heterocycles. The van der Waals surface area contributed by atoms with Crippen molar-refractivity contribution in [1.82, 2.24) is 14.3 Å². The number of para-hydroxylation sites is 1. The van der Waals surface area contributed by atoms with Crippen molar-refractivity contribution in [2.24, 2.45) is 0 Å². The highest BCUT2D eigenvalue weighted by Gasteiger charge is 2.60. The van der Waals surface area contributed by atoms with E-state index in [9.17, 15) is 9.35 Å². The summed E-state index contributed by atoms with van der Waals surface area (Å²) in [6, 6.07) is 20.1. The van der Waals surface area contributed by atoms with E-state index >= 15 is 0 Å². The minimum absolute atomic E-state index is 0.0532. The van der Waals surface area contributed by atoms with Gasteiger partial charge < -0.3 is 9.45 Å². The molecule has 6 rings (SSSR count). The number of hydrogen-bond donors (Lipinski definition) is 0. The summed E-state index contributed by atoms with van der Waals surface area (Å²) in [5.41, 5.74) is 4.10. The van der Waals surface area contributed by atoms with E-state index in [4.69, 9.17) is 4.98 Å². The van der Waals surface area contributed by atoms with Crippen molar-refractivity contribution < 1.29 is 9.35 Å². The van der Waals surface area contributed by atoms with E-state index in [1.54, 1.807) is 12.5 Å². The van der Waals surface area contributed by atoms with Crippen molar-refractivity contribution in [3.63, 3.8) is 0 Å². The zero-order valence-electron chi connectivity index (χ0n) is 18.1. The summed E-state index contributed by atoms with van der Waals surface area (Å²) in [5, 5.41) is 2.13. The number of fused-ring (bicyclic) bond motifs is 3. The zero-order chi connectivity index (χ0) is 22.6. The Hall–Kier alpha value is -3.26. The van der Waals surface area contributed by atoms with Crippen LogP contribution in [0.25, 0.3) is 21.9 Å². The first-order chi connectivity index (χ1) is 16.1. The normalized spacial score (nSPS) is 17.9. The van der Waals surface area contributed by atoms with Crippen molar-refractivity contribution >= 4 is 33.7 Å². The molecular formula is C26H22N4O2S. The highest BCUT2D eigenvalue weighted by Crippen LogP contribution is 2.48. The molecule has 0 N–H and O–H groups in total. The predicted molar refractivity (Wildman–Crippen MR) is 130 cm³/mol. The molecule has 0 saturated carbocycles. The Morgan fingerprint density at radius 2 is 1.82 bits per heavy atom. The van der Waals surface area contributed by atoms with Gasteiger partial charge in [0.25, 0.3) is 0 Å². The molecular weight excluding hydrogens is 432 g/mol. The lowest BCUT2D eigenvalue weighted by molar-refractivity contribution is -0.127. The molecule has 2 aromatic carbocycles. The SMILES string of the molecule is C[S+]([O-])N1CC2(C1)C(=O)N(Cc1ncc3ccccc3c1-c1cccnc1)c1ccccc12. The third kappa shape index (κ3) is 3.08. The van der Waals surface area contributed by atoms with Gasteiger partial charge in [0.2, 0.25) is 5.91 Å². The summed E-state index contributed by atoms with van der Waals surface area (Å²) in [6.07, 6.45) is 7.13. The molecule has 2 aliphatic rings. The molecule has 0 radical (unpaired) electrons. The maximum Gasteiger partial charge on any atom is 0.241 e. The Bertz CT molecular complexity index is 1370. The first kappa shape index (κ1) is 20.4. The fraction of sp³-hybridized carbons (Fsp3) is 0.192. The van der Waals surface area contributed by atoms with Gasteiger partial charge >= 0.3 is 0 Å². The number of aromatic nitrogens is 2. The van der Waals surface area contributed by atoms with Crippen LogP contribution in [-0.2, 0) is 28.1 Å². The van der Waals surface area contributed by atoms with E-state index in [0.29, 0.717) is 19.6 Å². The van der Waals surface area contributed by atoms with Gasteiger partial charge in [-0.3, -0.25) is 14.8 Å². The molecule has 164 valence electrons. The molecule has 7 heteroatoms. The number of nitrogens with zero attached hydrogens (tertiary/aromatic N) is 4. The molecule has 1 atom stereocenters. The third-order valence-corrected chi connectivity index (χ3v) is 7.74. The molecule has 33 heavy (non-hydrogen) atoms. The number of hydrogen-bond acceptors (Lipinski definition) is 5. The largest absolute Gasteiger partial charge is 0.598 e. The molecule has 2 aromatic heterocycles. The summed E-state index contributed by atoms with van der Waals surface area (Å²) >= 11 is -1.09. The van der Waals surface area contributed by atoms with Crippen LogP contribution in [0.3, 0.4) is 0 Å². The number of carbonyl (C=O) groups excluding carboxylic acids is 1. The fourth-order valence-corrected chi connectivity index (χ4v) is 5.91. The Balaban J connectivity index is 1.46. The first-order valence-electron chi connectivity index (χ1n) is 10.9. The van der Waals surface area contributed by atoms with Crippen LogP contribution in [-0.4, -0.2) is 44.1 Å². The number of anilines is 1. The Kier molecular flexibility index (Phi) is 4.72. The van der Waals surface area contributed by atoms with Gasteiger partial charge in [-0.05, 0) is 23.1 Å². The Morgan fingerprint density at radius 3 is 2.61 bits per heavy atom. The predicted octanol–water partition coefficient (Wildman–Crippen LogP) is 3.69. The second-order valence-electron chi connectivity index (χ2n) is 8.62. The van der Waals surface area contributed by atoms with Gasteiger partial charge in [0, 0.05) is 52.2 Å². The molecule has 1 fully saturated rings. The van der Waals surface area contributed by atoms with Crippen LogP contribution in [0.2, 0.25) is 0 Å². The summed E-state index contributed by atoms with van der Waals surface area (Å²) in [5.74, 6) is 0.0532. The maximum absolute atomic E-state index is 13.8. The van der Waals surface area contributed by atoms with Crippen LogP contribution < -0.4 is 4.90 Å². The molecule has 0 bridgehead atoms. The van der Waals surface area contributed by atoms with Gasteiger partial charge in [-0.1, -0.05) is 48.5 Å². The summed E-state index contributed by atoms with van der Waals surface area (Å²) < 4.78 is 13.8. The molecule has 6 nitrogen and oxygen atoms in total. The molecule has 4 aromatic rings. The molecule has 2 aliphatic heterocycles. The second-order valence-corrected chi connectivity index (χ2v) is 9.99. The minimum atomic E-state index is -1.09. The molecule has 1 spiro atoms. The quantitative estimate of drug-likeness (QED) is 0.440. The van der Waals surface area contributed by atoms with Crippen molar-refractivity contribution in [2.45, 2.75) is 12.0 Å². The number of amides is 1. The highest BCUT2D eigenvalue weighted by molar-refractivity contribution is 7.88. The van der Waals surface area contributed by atoms with E-state index in [-0.39, 0.29) is 5.91 Å². The smallest absolute Gasteiger partial charge is 0.241 e. The summed E-state index contributed by atoms with van der Waals surface area (Å²) in [6.45, 7) is 1.31. The molecule has 1 amide bonds. The first-order valence-corrected chi connectivity index (χ1v) is 12.4. The average Bonchev–Trinajstić information content (AvgIpc) is 3.06. The topological polar surface area (TPSA) is 72.4 Å². The van der Waals surface area contributed by atoms with Crippen molar-refractivity contribution in [3.8, 4) is 11.1 Å². The van der Waals surface area contributed by atoms with Gasteiger partial charge in [-0.2, -0.15) is 0 Å². The minimum Gasteiger partial charge on any atom is -0.598 e. The van der Waals surface area contributed by atoms with Crippen LogP contribution in [0.15, 0.2) is 79.3 Å². The van der Waals surface area contributed by atoms with E-state index in [0.717, 1.165) is 38.8 Å². The summed E-state index contributed by atoms with van der Waals surface area (Å²) in [7, 11) is 0. The number of pyridine rings is 2. The van der Waals surface area contributed by atoms with Crippen LogP contribution in [0.1, 0.15) is 11.3 Å². The highest BCUT2D eigenvalue weighted by atomic mass is 32.2. The van der Waals surface area contributed by atoms with E-state index in [1.165, 1.54) is 0 Å². The third-order valence-electron chi connectivity index (χ3n) is 6.76. The molecule has 0 aliphatic carbocycles. The van der Waals surface area contributed by atoms with Crippen LogP contribution in [0.5, 0.6) is 0 Å². The lowest BCUT2D eigenvalue weighted by atomic mass is 9.76. The van der Waals surface area contributed by atoms with Crippen LogP contribution in [0.4, 0.5) is 5.69 Å². The standard InChI is InChI=1S/C26H22N4O2S/c1-33(32)29-16-26(17-29)21-10-4-5-11-23(21)30(25(26)31)15-22-24(19-8-6-12-27-13-19)20-9-3-2-7-18(20)14-28-22/h2-14H,15-17H2,1H3. The maximum atomic E-state index is 13.8. The Labute approximate surface area is 195 Å². The number of rotatable bonds is 4. The van der Waals surface area contributed by atoms with E-state index in [1.807, 2.05) is 76.2 Å². The fourth-order valence-electron chi connectivity index (χ4n) is 5.10. The number of carbonyl (C=O) groups is 1. The molecule has 1 saturated heterocycles. The van der Waals surface area contributed by atoms with Gasteiger partial charge in [-0.15, -0.1) is 4.31 Å². The number of benzene rings is 2. The summed E-state index contributed by atoms with van der Waals surface area (Å²) in [4.78, 5) is 24.8.